The molecule has 4 nitrogen and oxygen atoms in total. The van der Waals surface area contributed by atoms with Crippen LogP contribution in [0, 0.1) is 6.92 Å². The first kappa shape index (κ1) is 10.6. The third-order valence-electron chi connectivity index (χ3n) is 3.59. The van der Waals surface area contributed by atoms with Crippen LogP contribution in [0.2, 0.25) is 0 Å². The molecule has 0 radical (unpaired) electrons. The maximum atomic E-state index is 4.31. The highest BCUT2D eigenvalue weighted by Gasteiger charge is 2.23. The molecule has 4 heteroatoms. The molecule has 0 saturated carbocycles. The minimum atomic E-state index is 0.468. The lowest BCUT2D eigenvalue weighted by molar-refractivity contribution is 0.159. The van der Waals surface area contributed by atoms with E-state index in [-0.39, 0.29) is 0 Å². The molecule has 1 unspecified atom stereocenters. The summed E-state index contributed by atoms with van der Waals surface area (Å²) in [7, 11) is 0. The quantitative estimate of drug-likeness (QED) is 0.857. The highest BCUT2D eigenvalue weighted by atomic mass is 15.2. The summed E-state index contributed by atoms with van der Waals surface area (Å²) in [6, 6.07) is 6.94. The van der Waals surface area contributed by atoms with Crippen LogP contribution >= 0.6 is 0 Å². The molecule has 3 rings (SSSR count). The number of rotatable bonds is 2. The van der Waals surface area contributed by atoms with Crippen LogP contribution in [0.4, 0.5) is 0 Å². The summed E-state index contributed by atoms with van der Waals surface area (Å²) < 4.78 is 2.34. The number of H-pyrrole nitrogens is 1. The standard InChI is InChI=1S/C13H18N4/c1-10-8-12(15-14-10)9-17-7-6-16-5-3-4-13(16)11(17)2/h3-5,8,11H,6-7,9H2,1-2H3,(H,14,15). The van der Waals surface area contributed by atoms with E-state index in [0.29, 0.717) is 6.04 Å². The number of aryl methyl sites for hydroxylation is 1. The Morgan fingerprint density at radius 3 is 3.12 bits per heavy atom. The molecule has 0 spiro atoms. The SMILES string of the molecule is Cc1cc(CN2CCn3cccc3C2C)n[nH]1. The molecular weight excluding hydrogens is 212 g/mol. The number of aromatic amines is 1. The average Bonchev–Trinajstić information content (AvgIpc) is 2.92. The first-order valence-electron chi connectivity index (χ1n) is 6.14. The lowest BCUT2D eigenvalue weighted by atomic mass is 10.1. The van der Waals surface area contributed by atoms with Crippen LogP contribution in [-0.2, 0) is 13.1 Å². The number of hydrogen-bond donors (Lipinski definition) is 1. The molecule has 1 N–H and O–H groups in total. The lowest BCUT2D eigenvalue weighted by Crippen LogP contribution is -2.35. The molecule has 1 atom stereocenters. The van der Waals surface area contributed by atoms with Crippen molar-refractivity contribution in [3.63, 3.8) is 0 Å². The molecule has 2 aromatic heterocycles. The largest absolute Gasteiger partial charge is 0.349 e. The van der Waals surface area contributed by atoms with Gasteiger partial charge in [0.25, 0.3) is 0 Å². The Morgan fingerprint density at radius 1 is 1.47 bits per heavy atom. The smallest absolute Gasteiger partial charge is 0.0765 e. The second kappa shape index (κ2) is 4.04. The van der Waals surface area contributed by atoms with Gasteiger partial charge in [0.1, 0.15) is 0 Å². The molecule has 0 aliphatic carbocycles. The number of nitrogens with one attached hydrogen (secondary N) is 1. The Labute approximate surface area is 101 Å². The van der Waals surface area contributed by atoms with Gasteiger partial charge >= 0.3 is 0 Å². The molecule has 0 bridgehead atoms. The summed E-state index contributed by atoms with van der Waals surface area (Å²) in [5.41, 5.74) is 3.67. The van der Waals surface area contributed by atoms with Gasteiger partial charge in [-0.3, -0.25) is 10.00 Å². The third-order valence-corrected chi connectivity index (χ3v) is 3.59. The maximum Gasteiger partial charge on any atom is 0.0765 e. The number of hydrogen-bond acceptors (Lipinski definition) is 2. The van der Waals surface area contributed by atoms with Gasteiger partial charge in [0.2, 0.25) is 0 Å². The molecule has 0 aromatic carbocycles. The third kappa shape index (κ3) is 1.89. The van der Waals surface area contributed by atoms with Crippen LogP contribution in [-0.4, -0.2) is 26.2 Å². The fourth-order valence-corrected chi connectivity index (χ4v) is 2.61. The van der Waals surface area contributed by atoms with Gasteiger partial charge in [0.15, 0.2) is 0 Å². The van der Waals surface area contributed by atoms with Crippen molar-refractivity contribution in [1.82, 2.24) is 19.7 Å². The van der Waals surface area contributed by atoms with Crippen LogP contribution in [0.5, 0.6) is 0 Å². The minimum absolute atomic E-state index is 0.468. The van der Waals surface area contributed by atoms with Crippen molar-refractivity contribution in [2.24, 2.45) is 0 Å². The topological polar surface area (TPSA) is 36.9 Å². The predicted octanol–water partition coefficient (Wildman–Crippen LogP) is 2.10. The van der Waals surface area contributed by atoms with Crippen molar-refractivity contribution >= 4 is 0 Å². The maximum absolute atomic E-state index is 4.31. The van der Waals surface area contributed by atoms with E-state index in [9.17, 15) is 0 Å². The second-order valence-corrected chi connectivity index (χ2v) is 4.82. The zero-order valence-electron chi connectivity index (χ0n) is 10.3. The van der Waals surface area contributed by atoms with Gasteiger partial charge in [-0.25, -0.2) is 0 Å². The van der Waals surface area contributed by atoms with Crippen molar-refractivity contribution in [2.75, 3.05) is 6.54 Å². The van der Waals surface area contributed by atoms with Crippen molar-refractivity contribution in [3.8, 4) is 0 Å². The lowest BCUT2D eigenvalue weighted by Gasteiger charge is -2.34. The molecule has 3 heterocycles. The first-order chi connectivity index (χ1) is 8.24. The van der Waals surface area contributed by atoms with Gasteiger partial charge in [-0.05, 0) is 32.0 Å². The summed E-state index contributed by atoms with van der Waals surface area (Å²) in [5.74, 6) is 0. The summed E-state index contributed by atoms with van der Waals surface area (Å²) >= 11 is 0. The Balaban J connectivity index is 1.78. The zero-order chi connectivity index (χ0) is 11.8. The average molecular weight is 230 g/mol. The minimum Gasteiger partial charge on any atom is -0.349 e. The first-order valence-corrected chi connectivity index (χ1v) is 6.14. The fraction of sp³-hybridized carbons (Fsp3) is 0.462. The summed E-state index contributed by atoms with van der Waals surface area (Å²) in [6.45, 7) is 7.41. The van der Waals surface area contributed by atoms with E-state index >= 15 is 0 Å². The van der Waals surface area contributed by atoms with Gasteiger partial charge in [0.05, 0.1) is 5.69 Å². The Hall–Kier alpha value is -1.55. The normalized spacial score (nSPS) is 20.5. The van der Waals surface area contributed by atoms with E-state index in [1.165, 1.54) is 5.69 Å². The van der Waals surface area contributed by atoms with Gasteiger partial charge in [-0.2, -0.15) is 5.10 Å². The van der Waals surface area contributed by atoms with Crippen LogP contribution in [0.25, 0.3) is 0 Å². The molecule has 1 aliphatic rings. The predicted molar refractivity (Wildman–Crippen MR) is 66.6 cm³/mol. The van der Waals surface area contributed by atoms with Gasteiger partial charge in [-0.15, -0.1) is 0 Å². The van der Waals surface area contributed by atoms with Crippen LogP contribution < -0.4 is 0 Å². The molecule has 17 heavy (non-hydrogen) atoms. The van der Waals surface area contributed by atoms with Gasteiger partial charge < -0.3 is 4.57 Å². The van der Waals surface area contributed by atoms with E-state index in [1.807, 2.05) is 6.92 Å². The summed E-state index contributed by atoms with van der Waals surface area (Å²) in [4.78, 5) is 2.48. The fourth-order valence-electron chi connectivity index (χ4n) is 2.61. The Morgan fingerprint density at radius 2 is 2.35 bits per heavy atom. The zero-order valence-corrected chi connectivity index (χ0v) is 10.3. The molecule has 90 valence electrons. The Bertz CT molecular complexity index is 511. The second-order valence-electron chi connectivity index (χ2n) is 4.82. The number of fused-ring (bicyclic) bond motifs is 1. The van der Waals surface area contributed by atoms with Crippen molar-refractivity contribution < 1.29 is 0 Å². The van der Waals surface area contributed by atoms with E-state index in [2.05, 4.69) is 51.0 Å². The Kier molecular flexibility index (Phi) is 2.52. The van der Waals surface area contributed by atoms with Crippen LogP contribution in [0.3, 0.4) is 0 Å². The van der Waals surface area contributed by atoms with E-state index in [0.717, 1.165) is 31.0 Å². The van der Waals surface area contributed by atoms with Gasteiger partial charge in [0, 0.05) is 43.3 Å². The molecule has 0 saturated heterocycles. The molecular formula is C13H18N4. The summed E-state index contributed by atoms with van der Waals surface area (Å²) in [6.07, 6.45) is 2.17. The molecule has 2 aromatic rings. The van der Waals surface area contributed by atoms with E-state index in [4.69, 9.17) is 0 Å². The highest BCUT2D eigenvalue weighted by Crippen LogP contribution is 2.26. The number of nitrogens with zero attached hydrogens (tertiary/aromatic N) is 3. The monoisotopic (exact) mass is 230 g/mol. The molecule has 0 fully saturated rings. The van der Waals surface area contributed by atoms with E-state index in [1.54, 1.807) is 0 Å². The van der Waals surface area contributed by atoms with E-state index < -0.39 is 0 Å². The van der Waals surface area contributed by atoms with Crippen molar-refractivity contribution in [2.45, 2.75) is 33.0 Å². The highest BCUT2D eigenvalue weighted by molar-refractivity contribution is 5.15. The van der Waals surface area contributed by atoms with Crippen molar-refractivity contribution in [1.29, 1.82) is 0 Å². The molecule has 0 amide bonds. The van der Waals surface area contributed by atoms with Crippen LogP contribution in [0.1, 0.15) is 30.0 Å². The van der Waals surface area contributed by atoms with Gasteiger partial charge in [-0.1, -0.05) is 0 Å². The van der Waals surface area contributed by atoms with Crippen LogP contribution in [0.15, 0.2) is 24.4 Å². The number of aromatic nitrogens is 3. The molecule has 1 aliphatic heterocycles. The van der Waals surface area contributed by atoms with Crippen molar-refractivity contribution in [3.05, 3.63) is 41.5 Å². The summed E-state index contributed by atoms with van der Waals surface area (Å²) in [5, 5.41) is 7.32.